The number of benzene rings is 1. The number of carbonyl (C=O) groups is 1. The Bertz CT molecular complexity index is 937. The van der Waals surface area contributed by atoms with Crippen molar-refractivity contribution in [3.05, 3.63) is 41.0 Å². The van der Waals surface area contributed by atoms with Gasteiger partial charge in [0.05, 0.1) is 12.2 Å². The summed E-state index contributed by atoms with van der Waals surface area (Å²) in [6.07, 6.45) is -5.06. The van der Waals surface area contributed by atoms with Crippen LogP contribution >= 0.6 is 11.3 Å². The molecule has 0 atom stereocenters. The van der Waals surface area contributed by atoms with E-state index in [0.29, 0.717) is 0 Å². The number of sulfone groups is 1. The number of nitrogens with zero attached hydrogens (tertiary/aromatic N) is 1. The first-order chi connectivity index (χ1) is 11.6. The summed E-state index contributed by atoms with van der Waals surface area (Å²) < 4.78 is 77.9. The number of fused-ring (bicyclic) bond motifs is 1. The smallest absolute Gasteiger partial charge is 0.403 e. The van der Waals surface area contributed by atoms with Crippen LogP contribution in [-0.2, 0) is 21.2 Å². The van der Waals surface area contributed by atoms with E-state index in [2.05, 4.69) is 4.74 Å². The maximum atomic E-state index is 13.5. The minimum Gasteiger partial charge on any atom is -0.403 e. The number of ether oxygens (including phenoxy) is 1. The molecule has 5 nitrogen and oxygen atoms in total. The second kappa shape index (κ2) is 5.99. The summed E-state index contributed by atoms with van der Waals surface area (Å²) in [5.41, 5.74) is 0.314. The maximum Gasteiger partial charge on any atom is 0.573 e. The highest BCUT2D eigenvalue weighted by Crippen LogP contribution is 2.37. The molecule has 0 saturated heterocycles. The molecule has 25 heavy (non-hydrogen) atoms. The Morgan fingerprint density at radius 3 is 2.64 bits per heavy atom. The average Bonchev–Trinajstić information content (AvgIpc) is 2.95. The SMILES string of the molecule is O=C1CS(=O)(=O)c2sccc2N1Cc1ccc(F)c(OC(F)(F)F)c1. The largest absolute Gasteiger partial charge is 0.573 e. The molecule has 2 aromatic rings. The van der Waals surface area contributed by atoms with E-state index in [1.807, 2.05) is 0 Å². The molecule has 1 amide bonds. The standard InChI is InChI=1S/C14H9F4NO4S2/c15-9-2-1-8(5-11(9)23-14(16,17)18)6-19-10-3-4-24-13(10)25(21,22)7-12(19)20/h1-5H,6-7H2. The lowest BCUT2D eigenvalue weighted by Gasteiger charge is -2.27. The van der Waals surface area contributed by atoms with E-state index in [0.717, 1.165) is 28.4 Å². The van der Waals surface area contributed by atoms with Crippen LogP contribution in [0.5, 0.6) is 5.75 Å². The van der Waals surface area contributed by atoms with Crippen LogP contribution in [0.25, 0.3) is 0 Å². The van der Waals surface area contributed by atoms with Gasteiger partial charge in [-0.3, -0.25) is 4.79 Å². The molecule has 11 heteroatoms. The van der Waals surface area contributed by atoms with Gasteiger partial charge >= 0.3 is 6.36 Å². The summed E-state index contributed by atoms with van der Waals surface area (Å²) in [6, 6.07) is 4.24. The summed E-state index contributed by atoms with van der Waals surface area (Å²) in [4.78, 5) is 13.3. The minimum atomic E-state index is -5.06. The number of anilines is 1. The predicted octanol–water partition coefficient (Wildman–Crippen LogP) is 3.11. The Hall–Kier alpha value is -2.14. The lowest BCUT2D eigenvalue weighted by atomic mass is 10.2. The fourth-order valence-corrected chi connectivity index (χ4v) is 5.03. The Labute approximate surface area is 143 Å². The highest BCUT2D eigenvalue weighted by Gasteiger charge is 2.36. The summed E-state index contributed by atoms with van der Waals surface area (Å²) in [6.45, 7) is -0.216. The molecule has 1 aromatic carbocycles. The summed E-state index contributed by atoms with van der Waals surface area (Å²) >= 11 is 0.947. The van der Waals surface area contributed by atoms with E-state index >= 15 is 0 Å². The van der Waals surface area contributed by atoms with Gasteiger partial charge in [0.1, 0.15) is 9.96 Å². The van der Waals surface area contributed by atoms with Gasteiger partial charge in [-0.05, 0) is 29.1 Å². The second-order valence-corrected chi connectivity index (χ2v) is 8.25. The molecule has 1 aliphatic heterocycles. The van der Waals surface area contributed by atoms with E-state index in [9.17, 15) is 30.8 Å². The Balaban J connectivity index is 1.93. The Morgan fingerprint density at radius 1 is 1.24 bits per heavy atom. The first-order valence-corrected chi connectivity index (χ1v) is 9.25. The Morgan fingerprint density at radius 2 is 1.96 bits per heavy atom. The van der Waals surface area contributed by atoms with Crippen LogP contribution < -0.4 is 9.64 Å². The van der Waals surface area contributed by atoms with Gasteiger partial charge in [0.2, 0.25) is 5.91 Å². The molecule has 1 aliphatic rings. The van der Waals surface area contributed by atoms with Crippen molar-refractivity contribution in [2.24, 2.45) is 0 Å². The van der Waals surface area contributed by atoms with Crippen LogP contribution in [0.15, 0.2) is 33.9 Å². The molecule has 0 unspecified atom stereocenters. The number of hydrogen-bond donors (Lipinski definition) is 0. The van der Waals surface area contributed by atoms with Crippen LogP contribution in [-0.4, -0.2) is 26.4 Å². The molecule has 0 radical (unpaired) electrons. The van der Waals surface area contributed by atoms with Crippen molar-refractivity contribution in [2.45, 2.75) is 17.1 Å². The predicted molar refractivity (Wildman–Crippen MR) is 80.6 cm³/mol. The van der Waals surface area contributed by atoms with Crippen molar-refractivity contribution in [3.63, 3.8) is 0 Å². The van der Waals surface area contributed by atoms with E-state index in [4.69, 9.17) is 0 Å². The summed E-state index contributed by atoms with van der Waals surface area (Å²) in [5.74, 6) is -3.67. The van der Waals surface area contributed by atoms with Crippen LogP contribution in [0.2, 0.25) is 0 Å². The zero-order valence-electron chi connectivity index (χ0n) is 12.2. The van der Waals surface area contributed by atoms with E-state index < -0.39 is 39.4 Å². The first-order valence-electron chi connectivity index (χ1n) is 6.71. The number of thiophene rings is 1. The minimum absolute atomic E-state index is 0.0148. The van der Waals surface area contributed by atoms with Crippen molar-refractivity contribution in [3.8, 4) is 5.75 Å². The number of hydrogen-bond acceptors (Lipinski definition) is 5. The number of amides is 1. The molecule has 0 fully saturated rings. The van der Waals surface area contributed by atoms with Crippen LogP contribution in [0, 0.1) is 5.82 Å². The van der Waals surface area contributed by atoms with Crippen molar-refractivity contribution in [1.29, 1.82) is 0 Å². The molecule has 1 aromatic heterocycles. The van der Waals surface area contributed by atoms with Gasteiger partial charge in [-0.25, -0.2) is 12.8 Å². The molecule has 3 rings (SSSR count). The number of halogens is 4. The monoisotopic (exact) mass is 395 g/mol. The quantitative estimate of drug-likeness (QED) is 0.750. The van der Waals surface area contributed by atoms with Gasteiger partial charge in [-0.15, -0.1) is 24.5 Å². The zero-order chi connectivity index (χ0) is 18.4. The van der Waals surface area contributed by atoms with Gasteiger partial charge in [0, 0.05) is 0 Å². The molecule has 0 bridgehead atoms. The van der Waals surface area contributed by atoms with Crippen molar-refractivity contribution in [1.82, 2.24) is 0 Å². The molecular weight excluding hydrogens is 386 g/mol. The van der Waals surface area contributed by atoms with Crippen LogP contribution in [0.3, 0.4) is 0 Å². The van der Waals surface area contributed by atoms with Crippen LogP contribution in [0.4, 0.5) is 23.2 Å². The summed E-state index contributed by atoms with van der Waals surface area (Å²) in [5, 5.41) is 1.50. The number of rotatable bonds is 3. The maximum absolute atomic E-state index is 13.5. The molecule has 0 aliphatic carbocycles. The highest BCUT2D eigenvalue weighted by molar-refractivity contribution is 7.94. The fourth-order valence-electron chi connectivity index (χ4n) is 2.37. The second-order valence-electron chi connectivity index (χ2n) is 5.14. The van der Waals surface area contributed by atoms with E-state index in [1.54, 1.807) is 0 Å². The van der Waals surface area contributed by atoms with Crippen molar-refractivity contribution in [2.75, 3.05) is 10.7 Å². The first kappa shape index (κ1) is 17.7. The fraction of sp³-hybridized carbons (Fsp3) is 0.214. The van der Waals surface area contributed by atoms with Gasteiger partial charge in [0.25, 0.3) is 0 Å². The summed E-state index contributed by atoms with van der Waals surface area (Å²) in [7, 11) is -3.72. The number of alkyl halides is 3. The van der Waals surface area contributed by atoms with E-state index in [-0.39, 0.29) is 22.0 Å². The normalized spacial score (nSPS) is 16.6. The average molecular weight is 395 g/mol. The van der Waals surface area contributed by atoms with Gasteiger partial charge in [-0.1, -0.05) is 6.07 Å². The lowest BCUT2D eigenvalue weighted by Crippen LogP contribution is -2.39. The molecular formula is C14H9F4NO4S2. The third kappa shape index (κ3) is 3.61. The number of carbonyl (C=O) groups excluding carboxylic acids is 1. The topological polar surface area (TPSA) is 63.7 Å². The van der Waals surface area contributed by atoms with E-state index in [1.165, 1.54) is 17.5 Å². The van der Waals surface area contributed by atoms with Crippen LogP contribution in [0.1, 0.15) is 5.56 Å². The third-order valence-corrected chi connectivity index (χ3v) is 6.51. The molecule has 0 N–H and O–H groups in total. The van der Waals surface area contributed by atoms with Gasteiger partial charge in [0.15, 0.2) is 21.4 Å². The lowest BCUT2D eigenvalue weighted by molar-refractivity contribution is -0.275. The molecule has 0 saturated carbocycles. The molecule has 2 heterocycles. The zero-order valence-corrected chi connectivity index (χ0v) is 13.8. The Kier molecular flexibility index (Phi) is 4.23. The van der Waals surface area contributed by atoms with Crippen molar-refractivity contribution >= 4 is 32.8 Å². The third-order valence-electron chi connectivity index (χ3n) is 3.36. The molecule has 0 spiro atoms. The van der Waals surface area contributed by atoms with Gasteiger partial charge < -0.3 is 9.64 Å². The van der Waals surface area contributed by atoms with Crippen molar-refractivity contribution < 1.29 is 35.5 Å². The van der Waals surface area contributed by atoms with Gasteiger partial charge in [-0.2, -0.15) is 0 Å². The molecule has 134 valence electrons. The highest BCUT2D eigenvalue weighted by atomic mass is 32.2.